The van der Waals surface area contributed by atoms with Crippen molar-refractivity contribution in [3.8, 4) is 11.5 Å². The SMILES string of the molecule is COc1ccc(/C=C2/SC(=S)N(C[C@@H]3CCCO3)C2=O)cc1OC. The van der Waals surface area contributed by atoms with E-state index in [0.29, 0.717) is 27.3 Å². The fourth-order valence-electron chi connectivity index (χ4n) is 2.74. The van der Waals surface area contributed by atoms with Crippen LogP contribution >= 0.6 is 24.0 Å². The highest BCUT2D eigenvalue weighted by atomic mass is 32.2. The average Bonchev–Trinajstić information content (AvgIpc) is 3.19. The van der Waals surface area contributed by atoms with Crippen molar-refractivity contribution in [1.82, 2.24) is 4.90 Å². The molecule has 128 valence electrons. The lowest BCUT2D eigenvalue weighted by Crippen LogP contribution is -2.35. The highest BCUT2D eigenvalue weighted by molar-refractivity contribution is 8.26. The van der Waals surface area contributed by atoms with Gasteiger partial charge < -0.3 is 14.2 Å². The van der Waals surface area contributed by atoms with Crippen LogP contribution in [0.2, 0.25) is 0 Å². The molecule has 2 heterocycles. The van der Waals surface area contributed by atoms with Crippen LogP contribution < -0.4 is 9.47 Å². The Hall–Kier alpha value is -1.57. The molecule has 1 aromatic rings. The molecule has 0 spiro atoms. The maximum absolute atomic E-state index is 12.6. The molecular formula is C17H19NO4S2. The summed E-state index contributed by atoms with van der Waals surface area (Å²) < 4.78 is 16.7. The van der Waals surface area contributed by atoms with E-state index in [9.17, 15) is 4.79 Å². The largest absolute Gasteiger partial charge is 0.493 e. The van der Waals surface area contributed by atoms with Gasteiger partial charge in [-0.3, -0.25) is 9.69 Å². The van der Waals surface area contributed by atoms with Gasteiger partial charge in [-0.2, -0.15) is 0 Å². The van der Waals surface area contributed by atoms with E-state index in [4.69, 9.17) is 26.4 Å². The first-order valence-electron chi connectivity index (χ1n) is 7.71. The van der Waals surface area contributed by atoms with Crippen LogP contribution in [0.5, 0.6) is 11.5 Å². The van der Waals surface area contributed by atoms with Crippen molar-refractivity contribution < 1.29 is 19.0 Å². The number of hydrogen-bond donors (Lipinski definition) is 0. The molecule has 2 fully saturated rings. The van der Waals surface area contributed by atoms with E-state index < -0.39 is 0 Å². The smallest absolute Gasteiger partial charge is 0.266 e. The van der Waals surface area contributed by atoms with Gasteiger partial charge in [-0.15, -0.1) is 0 Å². The highest BCUT2D eigenvalue weighted by Gasteiger charge is 2.34. The Morgan fingerprint density at radius 3 is 2.83 bits per heavy atom. The van der Waals surface area contributed by atoms with Gasteiger partial charge in [0.25, 0.3) is 5.91 Å². The first-order valence-corrected chi connectivity index (χ1v) is 8.94. The molecule has 0 bridgehead atoms. The summed E-state index contributed by atoms with van der Waals surface area (Å²) in [7, 11) is 3.18. The number of thiocarbonyl (C=S) groups is 1. The number of ether oxygens (including phenoxy) is 3. The molecule has 0 radical (unpaired) electrons. The third kappa shape index (κ3) is 3.58. The average molecular weight is 365 g/mol. The van der Waals surface area contributed by atoms with Crippen molar-refractivity contribution in [2.75, 3.05) is 27.4 Å². The molecule has 1 atom stereocenters. The highest BCUT2D eigenvalue weighted by Crippen LogP contribution is 2.35. The van der Waals surface area contributed by atoms with Gasteiger partial charge in [0.15, 0.2) is 11.5 Å². The predicted molar refractivity (Wildman–Crippen MR) is 98.4 cm³/mol. The number of carbonyl (C=O) groups excluding carboxylic acids is 1. The zero-order chi connectivity index (χ0) is 17.1. The number of methoxy groups -OCH3 is 2. The van der Waals surface area contributed by atoms with Crippen LogP contribution in [0.25, 0.3) is 6.08 Å². The minimum Gasteiger partial charge on any atom is -0.493 e. The van der Waals surface area contributed by atoms with Gasteiger partial charge in [-0.25, -0.2) is 0 Å². The van der Waals surface area contributed by atoms with Gasteiger partial charge in [0.05, 0.1) is 31.8 Å². The lowest BCUT2D eigenvalue weighted by molar-refractivity contribution is -0.123. The number of benzene rings is 1. The third-order valence-corrected chi connectivity index (χ3v) is 5.37. The minimum atomic E-state index is -0.0599. The molecule has 0 N–H and O–H groups in total. The fourth-order valence-corrected chi connectivity index (χ4v) is 4.02. The van der Waals surface area contributed by atoms with E-state index in [1.807, 2.05) is 24.3 Å². The Kier molecular flexibility index (Phi) is 5.43. The quantitative estimate of drug-likeness (QED) is 0.590. The number of nitrogens with zero attached hydrogens (tertiary/aromatic N) is 1. The summed E-state index contributed by atoms with van der Waals surface area (Å²) in [5.41, 5.74) is 0.866. The van der Waals surface area contributed by atoms with Crippen LogP contribution in [-0.2, 0) is 9.53 Å². The van der Waals surface area contributed by atoms with Crippen molar-refractivity contribution in [2.24, 2.45) is 0 Å². The molecule has 3 rings (SSSR count). The molecule has 0 aromatic heterocycles. The van der Waals surface area contributed by atoms with Crippen molar-refractivity contribution >= 4 is 40.3 Å². The summed E-state index contributed by atoms with van der Waals surface area (Å²) in [5, 5.41) is 0. The van der Waals surface area contributed by atoms with Crippen LogP contribution in [0.1, 0.15) is 18.4 Å². The zero-order valence-corrected chi connectivity index (χ0v) is 15.2. The van der Waals surface area contributed by atoms with Gasteiger partial charge in [0, 0.05) is 6.61 Å². The van der Waals surface area contributed by atoms with Crippen molar-refractivity contribution in [3.63, 3.8) is 0 Å². The van der Waals surface area contributed by atoms with Gasteiger partial charge in [-0.05, 0) is 36.6 Å². The van der Waals surface area contributed by atoms with Gasteiger partial charge >= 0.3 is 0 Å². The molecular weight excluding hydrogens is 346 g/mol. The lowest BCUT2D eigenvalue weighted by atomic mass is 10.2. The molecule has 24 heavy (non-hydrogen) atoms. The van der Waals surface area contributed by atoms with Crippen LogP contribution in [0.15, 0.2) is 23.1 Å². The number of rotatable bonds is 5. The molecule has 1 amide bonds. The number of thioether (sulfide) groups is 1. The summed E-state index contributed by atoms with van der Waals surface area (Å²) >= 11 is 6.69. The molecule has 0 saturated carbocycles. The molecule has 1 aromatic carbocycles. The Bertz CT molecular complexity index is 683. The van der Waals surface area contributed by atoms with Gasteiger partial charge in [-0.1, -0.05) is 30.0 Å². The second-order valence-electron chi connectivity index (χ2n) is 5.54. The lowest BCUT2D eigenvalue weighted by Gasteiger charge is -2.18. The van der Waals surface area contributed by atoms with E-state index >= 15 is 0 Å². The maximum atomic E-state index is 12.6. The van der Waals surface area contributed by atoms with E-state index in [1.165, 1.54) is 11.8 Å². The Morgan fingerprint density at radius 1 is 1.38 bits per heavy atom. The minimum absolute atomic E-state index is 0.0599. The molecule has 5 nitrogen and oxygen atoms in total. The Labute approximate surface area is 150 Å². The van der Waals surface area contributed by atoms with E-state index in [-0.39, 0.29) is 12.0 Å². The van der Waals surface area contributed by atoms with Crippen LogP contribution in [0, 0.1) is 0 Å². The number of carbonyl (C=O) groups is 1. The van der Waals surface area contributed by atoms with Gasteiger partial charge in [0.2, 0.25) is 0 Å². The van der Waals surface area contributed by atoms with Gasteiger partial charge in [0.1, 0.15) is 4.32 Å². The fraction of sp³-hybridized carbons (Fsp3) is 0.412. The zero-order valence-electron chi connectivity index (χ0n) is 13.6. The summed E-state index contributed by atoms with van der Waals surface area (Å²) in [5.74, 6) is 1.22. The molecule has 2 saturated heterocycles. The van der Waals surface area contributed by atoms with E-state index in [0.717, 1.165) is 25.0 Å². The van der Waals surface area contributed by atoms with E-state index in [1.54, 1.807) is 19.1 Å². The van der Waals surface area contributed by atoms with Crippen molar-refractivity contribution in [2.45, 2.75) is 18.9 Å². The van der Waals surface area contributed by atoms with Crippen molar-refractivity contribution in [1.29, 1.82) is 0 Å². The number of amides is 1. The van der Waals surface area contributed by atoms with Crippen LogP contribution in [0.3, 0.4) is 0 Å². The Morgan fingerprint density at radius 2 is 2.17 bits per heavy atom. The number of hydrogen-bond acceptors (Lipinski definition) is 6. The third-order valence-electron chi connectivity index (χ3n) is 3.99. The molecule has 0 unspecified atom stereocenters. The molecule has 7 heteroatoms. The monoisotopic (exact) mass is 365 g/mol. The molecule has 2 aliphatic rings. The second kappa shape index (κ2) is 7.55. The topological polar surface area (TPSA) is 48.0 Å². The van der Waals surface area contributed by atoms with E-state index in [2.05, 4.69) is 0 Å². The molecule has 2 aliphatic heterocycles. The summed E-state index contributed by atoms with van der Waals surface area (Å²) in [4.78, 5) is 14.9. The first kappa shape index (κ1) is 17.3. The predicted octanol–water partition coefficient (Wildman–Crippen LogP) is 3.08. The van der Waals surface area contributed by atoms with Crippen LogP contribution in [-0.4, -0.2) is 48.6 Å². The van der Waals surface area contributed by atoms with Crippen LogP contribution in [0.4, 0.5) is 0 Å². The maximum Gasteiger partial charge on any atom is 0.266 e. The normalized spacial score (nSPS) is 22.5. The second-order valence-corrected chi connectivity index (χ2v) is 7.22. The summed E-state index contributed by atoms with van der Waals surface area (Å²) in [6, 6.07) is 5.54. The first-order chi connectivity index (χ1) is 11.6. The summed E-state index contributed by atoms with van der Waals surface area (Å²) in [6.07, 6.45) is 3.94. The van der Waals surface area contributed by atoms with Crippen molar-refractivity contribution in [3.05, 3.63) is 28.7 Å². The molecule has 0 aliphatic carbocycles. The summed E-state index contributed by atoms with van der Waals surface area (Å²) in [6.45, 7) is 1.30. The Balaban J connectivity index is 1.78. The standard InChI is InChI=1S/C17H19NO4S2/c1-20-13-6-5-11(8-14(13)21-2)9-15-16(19)18(17(23)24-15)10-12-4-3-7-22-12/h5-6,8-9,12H,3-4,7,10H2,1-2H3/b15-9+/t12-/m0/s1.